The second-order valence-electron chi connectivity index (χ2n) is 3.82. The molecule has 18 heavy (non-hydrogen) atoms. The molecule has 2 nitrogen and oxygen atoms in total. The molecule has 0 radical (unpaired) electrons. The second kappa shape index (κ2) is 5.61. The summed E-state index contributed by atoms with van der Waals surface area (Å²) in [5.74, 6) is 0.828. The zero-order valence-electron chi connectivity index (χ0n) is 10.3. The van der Waals surface area contributed by atoms with Crippen molar-refractivity contribution in [1.82, 2.24) is 0 Å². The molecule has 0 heterocycles. The Morgan fingerprint density at radius 3 is 2.61 bits per heavy atom. The highest BCUT2D eigenvalue weighted by Crippen LogP contribution is 2.37. The molecule has 0 N–H and O–H groups in total. The van der Waals surface area contributed by atoms with Gasteiger partial charge in [-0.25, -0.2) is 0 Å². The molecule has 90 valence electrons. The van der Waals surface area contributed by atoms with E-state index in [0.29, 0.717) is 5.56 Å². The maximum absolute atomic E-state index is 9.15. The monoisotopic (exact) mass is 255 g/mol. The van der Waals surface area contributed by atoms with Gasteiger partial charge in [0.25, 0.3) is 0 Å². The van der Waals surface area contributed by atoms with Gasteiger partial charge in [0.15, 0.2) is 0 Å². The summed E-state index contributed by atoms with van der Waals surface area (Å²) in [6.45, 7) is 2.01. The van der Waals surface area contributed by atoms with Crippen LogP contribution >= 0.6 is 11.8 Å². The molecule has 0 unspecified atom stereocenters. The van der Waals surface area contributed by atoms with Crippen molar-refractivity contribution in [3.63, 3.8) is 0 Å². The van der Waals surface area contributed by atoms with Gasteiger partial charge in [-0.2, -0.15) is 5.26 Å². The number of nitriles is 1. The Labute approximate surface area is 111 Å². The van der Waals surface area contributed by atoms with Gasteiger partial charge in [-0.1, -0.05) is 36.0 Å². The van der Waals surface area contributed by atoms with E-state index in [1.54, 1.807) is 18.9 Å². The molecule has 3 heteroatoms. The average molecular weight is 255 g/mol. The minimum absolute atomic E-state index is 0.700. The fraction of sp³-hybridized carbons (Fsp3) is 0.133. The Balaban J connectivity index is 2.43. The highest BCUT2D eigenvalue weighted by molar-refractivity contribution is 7.99. The van der Waals surface area contributed by atoms with Gasteiger partial charge in [0.05, 0.1) is 17.6 Å². The fourth-order valence-corrected chi connectivity index (χ4v) is 2.76. The summed E-state index contributed by atoms with van der Waals surface area (Å²) >= 11 is 1.57. The molecular weight excluding hydrogens is 242 g/mol. The smallest absolute Gasteiger partial charge is 0.132 e. The van der Waals surface area contributed by atoms with Gasteiger partial charge in [0, 0.05) is 4.90 Å². The van der Waals surface area contributed by atoms with Crippen LogP contribution in [0, 0.1) is 18.3 Å². The van der Waals surface area contributed by atoms with E-state index in [1.165, 1.54) is 0 Å². The molecule has 2 aromatic rings. The van der Waals surface area contributed by atoms with E-state index in [1.807, 2.05) is 49.4 Å². The number of rotatable bonds is 3. The van der Waals surface area contributed by atoms with E-state index in [-0.39, 0.29) is 0 Å². The van der Waals surface area contributed by atoms with Crippen LogP contribution in [0.5, 0.6) is 5.75 Å². The molecule has 0 saturated heterocycles. The first-order valence-electron chi connectivity index (χ1n) is 5.57. The lowest BCUT2D eigenvalue weighted by atomic mass is 10.1. The predicted molar refractivity (Wildman–Crippen MR) is 73.0 cm³/mol. The number of nitrogens with zero attached hydrogens (tertiary/aromatic N) is 1. The lowest BCUT2D eigenvalue weighted by Gasteiger charge is -2.10. The summed E-state index contributed by atoms with van der Waals surface area (Å²) < 4.78 is 5.33. The average Bonchev–Trinajstić information content (AvgIpc) is 2.41. The number of benzene rings is 2. The van der Waals surface area contributed by atoms with Crippen molar-refractivity contribution in [2.45, 2.75) is 16.7 Å². The summed E-state index contributed by atoms with van der Waals surface area (Å²) in [6, 6.07) is 15.8. The van der Waals surface area contributed by atoms with Crippen molar-refractivity contribution in [2.24, 2.45) is 0 Å². The van der Waals surface area contributed by atoms with Gasteiger partial charge in [0.2, 0.25) is 0 Å². The van der Waals surface area contributed by atoms with Gasteiger partial charge >= 0.3 is 0 Å². The predicted octanol–water partition coefficient (Wildman–Crippen LogP) is 4.03. The van der Waals surface area contributed by atoms with E-state index in [9.17, 15) is 0 Å². The van der Waals surface area contributed by atoms with Crippen molar-refractivity contribution < 1.29 is 4.74 Å². The normalized spacial score (nSPS) is 9.83. The Morgan fingerprint density at radius 1 is 1.11 bits per heavy atom. The maximum Gasteiger partial charge on any atom is 0.132 e. The molecule has 0 saturated carbocycles. The van der Waals surface area contributed by atoms with Crippen LogP contribution in [-0.2, 0) is 0 Å². The van der Waals surface area contributed by atoms with Gasteiger partial charge in [-0.05, 0) is 30.7 Å². The maximum atomic E-state index is 9.15. The summed E-state index contributed by atoms with van der Waals surface area (Å²) in [5, 5.41) is 9.15. The van der Waals surface area contributed by atoms with Crippen LogP contribution in [0.3, 0.4) is 0 Å². The molecular formula is C15H13NOS. The van der Waals surface area contributed by atoms with Crippen LogP contribution in [-0.4, -0.2) is 7.11 Å². The van der Waals surface area contributed by atoms with E-state index < -0.39 is 0 Å². The van der Waals surface area contributed by atoms with Crippen LogP contribution < -0.4 is 4.74 Å². The number of ether oxygens (including phenoxy) is 1. The first-order valence-corrected chi connectivity index (χ1v) is 6.38. The van der Waals surface area contributed by atoms with E-state index in [4.69, 9.17) is 10.00 Å². The Bertz CT molecular complexity index is 602. The summed E-state index contributed by atoms with van der Waals surface area (Å²) in [4.78, 5) is 2.01. The number of hydrogen-bond donors (Lipinski definition) is 0. The molecule has 0 atom stereocenters. The van der Waals surface area contributed by atoms with Crippen LogP contribution in [0.25, 0.3) is 0 Å². The Hall–Kier alpha value is -1.92. The third-order valence-corrected chi connectivity index (χ3v) is 3.92. The van der Waals surface area contributed by atoms with Crippen molar-refractivity contribution in [1.29, 1.82) is 5.26 Å². The van der Waals surface area contributed by atoms with E-state index in [0.717, 1.165) is 21.1 Å². The van der Waals surface area contributed by atoms with E-state index in [2.05, 4.69) is 6.07 Å². The molecule has 0 fully saturated rings. The summed E-state index contributed by atoms with van der Waals surface area (Å²) in [6.07, 6.45) is 0. The highest BCUT2D eigenvalue weighted by atomic mass is 32.2. The lowest BCUT2D eigenvalue weighted by Crippen LogP contribution is -1.89. The van der Waals surface area contributed by atoms with Crippen LogP contribution in [0.15, 0.2) is 52.3 Å². The minimum atomic E-state index is 0.700. The number of aryl methyl sites for hydroxylation is 1. The molecule has 0 aliphatic carbocycles. The molecule has 0 aliphatic rings. The number of para-hydroxylation sites is 1. The molecule has 0 aromatic heterocycles. The summed E-state index contributed by atoms with van der Waals surface area (Å²) in [5.41, 5.74) is 1.80. The highest BCUT2D eigenvalue weighted by Gasteiger charge is 2.10. The lowest BCUT2D eigenvalue weighted by molar-refractivity contribution is 0.405. The SMILES string of the molecule is COc1ccccc1Sc1c(C)cccc1C#N. The van der Waals surface area contributed by atoms with Crippen LogP contribution in [0.2, 0.25) is 0 Å². The number of methoxy groups -OCH3 is 1. The van der Waals surface area contributed by atoms with Crippen molar-refractivity contribution in [2.75, 3.05) is 7.11 Å². The zero-order chi connectivity index (χ0) is 13.0. The quantitative estimate of drug-likeness (QED) is 0.830. The van der Waals surface area contributed by atoms with E-state index >= 15 is 0 Å². The third-order valence-electron chi connectivity index (χ3n) is 2.61. The van der Waals surface area contributed by atoms with Crippen molar-refractivity contribution >= 4 is 11.8 Å². The third kappa shape index (κ3) is 2.49. The fourth-order valence-electron chi connectivity index (χ4n) is 1.69. The van der Waals surface area contributed by atoms with Gasteiger partial charge in [0.1, 0.15) is 11.8 Å². The summed E-state index contributed by atoms with van der Waals surface area (Å²) in [7, 11) is 1.66. The topological polar surface area (TPSA) is 33.0 Å². The zero-order valence-corrected chi connectivity index (χ0v) is 11.1. The molecule has 0 spiro atoms. The molecule has 0 bridgehead atoms. The Kier molecular flexibility index (Phi) is 3.91. The van der Waals surface area contributed by atoms with Crippen LogP contribution in [0.4, 0.5) is 0 Å². The van der Waals surface area contributed by atoms with Crippen molar-refractivity contribution in [3.8, 4) is 11.8 Å². The molecule has 0 amide bonds. The Morgan fingerprint density at radius 2 is 1.89 bits per heavy atom. The standard InChI is InChI=1S/C15H13NOS/c1-11-6-5-7-12(10-16)15(11)18-14-9-4-3-8-13(14)17-2/h3-9H,1-2H3. The second-order valence-corrected chi connectivity index (χ2v) is 4.87. The largest absolute Gasteiger partial charge is 0.496 e. The first kappa shape index (κ1) is 12.5. The minimum Gasteiger partial charge on any atom is -0.496 e. The van der Waals surface area contributed by atoms with Gasteiger partial charge in [-0.15, -0.1) is 0 Å². The van der Waals surface area contributed by atoms with Crippen LogP contribution in [0.1, 0.15) is 11.1 Å². The molecule has 2 rings (SSSR count). The first-order chi connectivity index (χ1) is 8.76. The van der Waals surface area contributed by atoms with Crippen molar-refractivity contribution in [3.05, 3.63) is 53.6 Å². The molecule has 2 aromatic carbocycles. The number of hydrogen-bond acceptors (Lipinski definition) is 3. The molecule has 0 aliphatic heterocycles. The van der Waals surface area contributed by atoms with Gasteiger partial charge in [-0.3, -0.25) is 0 Å². The van der Waals surface area contributed by atoms with Gasteiger partial charge < -0.3 is 4.74 Å².